The molecule has 10 heteroatoms. The van der Waals surface area contributed by atoms with Crippen molar-refractivity contribution in [2.75, 3.05) is 41.4 Å². The van der Waals surface area contributed by atoms with Crippen LogP contribution in [0.25, 0.3) is 0 Å². The number of amidine groups is 1. The summed E-state index contributed by atoms with van der Waals surface area (Å²) in [5.41, 5.74) is 1.71. The van der Waals surface area contributed by atoms with Crippen molar-refractivity contribution >= 4 is 28.8 Å². The quantitative estimate of drug-likeness (QED) is 0.497. The molecule has 0 fully saturated rings. The monoisotopic (exact) mass is 516 g/mol. The van der Waals surface area contributed by atoms with Crippen LogP contribution in [0.15, 0.2) is 45.6 Å². The first-order valence-corrected chi connectivity index (χ1v) is 12.6. The van der Waals surface area contributed by atoms with Crippen molar-refractivity contribution in [1.82, 2.24) is 15.1 Å². The van der Waals surface area contributed by atoms with E-state index in [4.69, 9.17) is 19.2 Å². The summed E-state index contributed by atoms with van der Waals surface area (Å²) in [7, 11) is 7.05. The largest absolute Gasteiger partial charge is 0.493 e. The number of allylic oxidation sites excluding steroid dienone is 1. The van der Waals surface area contributed by atoms with E-state index in [2.05, 4.69) is 5.32 Å². The average molecular weight is 517 g/mol. The lowest BCUT2D eigenvalue weighted by atomic mass is 9.92. The lowest BCUT2D eigenvalue weighted by Crippen LogP contribution is -2.39. The van der Waals surface area contributed by atoms with Crippen LogP contribution in [0.5, 0.6) is 11.5 Å². The number of hydrogen-bond donors (Lipinski definition) is 1. The summed E-state index contributed by atoms with van der Waals surface area (Å²) in [5, 5.41) is 5.56. The normalized spacial score (nSPS) is 17.5. The Morgan fingerprint density at radius 3 is 2.53 bits per heavy atom. The first kappa shape index (κ1) is 27.6. The SMILES string of the molecule is COc1cccc(C2C(C(=O)OC(C)(C)C)=C(C)N=C3SC=C(CC(=O)NCCN(C)C)N32)c1OC. The number of nitrogens with zero attached hydrogens (tertiary/aromatic N) is 3. The number of esters is 1. The van der Waals surface area contributed by atoms with E-state index in [9.17, 15) is 9.59 Å². The maximum absolute atomic E-state index is 13.5. The lowest BCUT2D eigenvalue weighted by molar-refractivity contribution is -0.150. The Morgan fingerprint density at radius 2 is 1.92 bits per heavy atom. The van der Waals surface area contributed by atoms with Crippen LogP contribution in [0, 0.1) is 0 Å². The number of fused-ring (bicyclic) bond motifs is 1. The smallest absolute Gasteiger partial charge is 0.338 e. The van der Waals surface area contributed by atoms with Gasteiger partial charge >= 0.3 is 5.97 Å². The van der Waals surface area contributed by atoms with Gasteiger partial charge in [0.05, 0.1) is 38.0 Å². The minimum Gasteiger partial charge on any atom is -0.493 e. The second kappa shape index (κ2) is 11.4. The molecular weight excluding hydrogens is 480 g/mol. The minimum absolute atomic E-state index is 0.105. The number of methoxy groups -OCH3 is 2. The zero-order chi connectivity index (χ0) is 26.6. The maximum atomic E-state index is 13.5. The maximum Gasteiger partial charge on any atom is 0.338 e. The molecule has 0 saturated heterocycles. The second-order valence-electron chi connectivity index (χ2n) is 9.81. The Kier molecular flexibility index (Phi) is 8.73. The van der Waals surface area contributed by atoms with Gasteiger partial charge in [-0.2, -0.15) is 0 Å². The van der Waals surface area contributed by atoms with Crippen molar-refractivity contribution in [2.24, 2.45) is 4.99 Å². The van der Waals surface area contributed by atoms with Crippen LogP contribution in [0.4, 0.5) is 0 Å². The first-order chi connectivity index (χ1) is 17.0. The van der Waals surface area contributed by atoms with Crippen LogP contribution in [-0.2, 0) is 14.3 Å². The molecule has 0 aromatic heterocycles. The van der Waals surface area contributed by atoms with E-state index in [1.165, 1.54) is 11.8 Å². The van der Waals surface area contributed by atoms with Gasteiger partial charge in [-0.3, -0.25) is 4.79 Å². The molecule has 0 bridgehead atoms. The van der Waals surface area contributed by atoms with Crippen LogP contribution in [0.3, 0.4) is 0 Å². The van der Waals surface area contributed by atoms with E-state index in [-0.39, 0.29) is 12.3 Å². The predicted molar refractivity (Wildman–Crippen MR) is 142 cm³/mol. The summed E-state index contributed by atoms with van der Waals surface area (Å²) in [4.78, 5) is 35.0. The number of carbonyl (C=O) groups is 2. The average Bonchev–Trinajstić information content (AvgIpc) is 3.17. The molecule has 1 aromatic carbocycles. The Labute approximate surface area is 217 Å². The third-order valence-electron chi connectivity index (χ3n) is 5.57. The van der Waals surface area contributed by atoms with E-state index in [1.807, 2.05) is 62.2 Å². The van der Waals surface area contributed by atoms with Gasteiger partial charge in [0.25, 0.3) is 0 Å². The molecule has 3 rings (SSSR count). The standard InChI is InChI=1S/C26H36N4O5S/c1-16-21(24(32)35-26(2,3)4)22(18-10-9-11-19(33-7)23(18)34-8)30-17(15-36-25(30)28-16)14-20(31)27-12-13-29(5)6/h9-11,15,22H,12-14H2,1-8H3,(H,27,31). The summed E-state index contributed by atoms with van der Waals surface area (Å²) in [6, 6.07) is 4.93. The van der Waals surface area contributed by atoms with Crippen molar-refractivity contribution in [2.45, 2.75) is 45.8 Å². The van der Waals surface area contributed by atoms with E-state index in [0.717, 1.165) is 12.2 Å². The number of ether oxygens (including phenoxy) is 3. The van der Waals surface area contributed by atoms with Crippen molar-refractivity contribution < 1.29 is 23.8 Å². The highest BCUT2D eigenvalue weighted by Crippen LogP contribution is 2.48. The van der Waals surface area contributed by atoms with Gasteiger partial charge in [0.1, 0.15) is 5.60 Å². The topological polar surface area (TPSA) is 92.7 Å². The van der Waals surface area contributed by atoms with Gasteiger partial charge in [-0.05, 0) is 53.3 Å². The van der Waals surface area contributed by atoms with Crippen molar-refractivity contribution in [1.29, 1.82) is 0 Å². The molecule has 1 amide bonds. The van der Waals surface area contributed by atoms with E-state index >= 15 is 0 Å². The van der Waals surface area contributed by atoms with Crippen LogP contribution in [-0.4, -0.2) is 73.8 Å². The van der Waals surface area contributed by atoms with Crippen LogP contribution in [0.1, 0.15) is 45.7 Å². The fourth-order valence-electron chi connectivity index (χ4n) is 4.03. The summed E-state index contributed by atoms with van der Waals surface area (Å²) >= 11 is 1.42. The predicted octanol–water partition coefficient (Wildman–Crippen LogP) is 3.69. The highest BCUT2D eigenvalue weighted by Gasteiger charge is 2.43. The van der Waals surface area contributed by atoms with Gasteiger partial charge in [0, 0.05) is 24.4 Å². The van der Waals surface area contributed by atoms with Crippen LogP contribution < -0.4 is 14.8 Å². The first-order valence-electron chi connectivity index (χ1n) is 11.8. The summed E-state index contributed by atoms with van der Waals surface area (Å²) < 4.78 is 17.1. The molecule has 2 aliphatic heterocycles. The molecule has 0 saturated carbocycles. The summed E-state index contributed by atoms with van der Waals surface area (Å²) in [6.07, 6.45) is 0.142. The number of aliphatic imine (C=N–C) groups is 1. The number of rotatable bonds is 9. The van der Waals surface area contributed by atoms with Gasteiger partial charge in [0.2, 0.25) is 5.91 Å². The summed E-state index contributed by atoms with van der Waals surface area (Å²) in [5.74, 6) is 0.474. The van der Waals surface area contributed by atoms with E-state index in [1.54, 1.807) is 27.2 Å². The van der Waals surface area contributed by atoms with Gasteiger partial charge in [-0.15, -0.1) is 0 Å². The fraction of sp³-hybridized carbons (Fsp3) is 0.500. The van der Waals surface area contributed by atoms with Crippen molar-refractivity contribution in [3.8, 4) is 11.5 Å². The van der Waals surface area contributed by atoms with Gasteiger partial charge in [-0.1, -0.05) is 23.9 Å². The highest BCUT2D eigenvalue weighted by atomic mass is 32.2. The highest BCUT2D eigenvalue weighted by molar-refractivity contribution is 8.16. The molecule has 2 heterocycles. The molecule has 1 aromatic rings. The van der Waals surface area contributed by atoms with Crippen molar-refractivity contribution in [3.05, 3.63) is 46.1 Å². The molecule has 1 unspecified atom stereocenters. The van der Waals surface area contributed by atoms with E-state index in [0.29, 0.717) is 40.0 Å². The second-order valence-corrected chi connectivity index (χ2v) is 10.6. The van der Waals surface area contributed by atoms with Gasteiger partial charge < -0.3 is 29.3 Å². The number of amides is 1. The number of likely N-dealkylation sites (N-methyl/N-ethyl adjacent to an activating group) is 1. The number of benzene rings is 1. The molecule has 196 valence electrons. The molecule has 36 heavy (non-hydrogen) atoms. The zero-order valence-corrected chi connectivity index (χ0v) is 23.1. The fourth-order valence-corrected chi connectivity index (χ4v) is 5.00. The number of nitrogens with one attached hydrogen (secondary N) is 1. The minimum atomic E-state index is -0.692. The zero-order valence-electron chi connectivity index (χ0n) is 22.3. The molecule has 1 atom stereocenters. The number of hydrogen-bond acceptors (Lipinski definition) is 9. The Bertz CT molecular complexity index is 1100. The van der Waals surface area contributed by atoms with E-state index < -0.39 is 17.6 Å². The summed E-state index contributed by atoms with van der Waals surface area (Å²) in [6.45, 7) is 8.57. The molecular formula is C26H36N4O5S. The molecule has 1 N–H and O–H groups in total. The number of carbonyl (C=O) groups excluding carboxylic acids is 2. The Hall–Kier alpha value is -2.98. The molecule has 0 radical (unpaired) electrons. The Balaban J connectivity index is 2.06. The molecule has 0 spiro atoms. The lowest BCUT2D eigenvalue weighted by Gasteiger charge is -2.37. The third-order valence-corrected chi connectivity index (χ3v) is 6.46. The molecule has 2 aliphatic rings. The van der Waals surface area contributed by atoms with Crippen molar-refractivity contribution in [3.63, 3.8) is 0 Å². The number of thioether (sulfide) groups is 1. The molecule has 9 nitrogen and oxygen atoms in total. The van der Waals surface area contributed by atoms with Crippen LogP contribution >= 0.6 is 11.8 Å². The van der Waals surface area contributed by atoms with Gasteiger partial charge in [0.15, 0.2) is 16.7 Å². The van der Waals surface area contributed by atoms with Crippen LogP contribution in [0.2, 0.25) is 0 Å². The number of para-hydroxylation sites is 1. The van der Waals surface area contributed by atoms with Gasteiger partial charge in [-0.25, -0.2) is 9.79 Å². The third kappa shape index (κ3) is 6.22. The Morgan fingerprint density at radius 1 is 1.19 bits per heavy atom. The molecule has 0 aliphatic carbocycles.